The fourth-order valence-corrected chi connectivity index (χ4v) is 6.35. The molecule has 0 radical (unpaired) electrons. The van der Waals surface area contributed by atoms with Crippen molar-refractivity contribution in [2.24, 2.45) is 5.92 Å². The summed E-state index contributed by atoms with van der Waals surface area (Å²) in [6.45, 7) is 7.39. The minimum absolute atomic E-state index is 0.115. The molecule has 0 aromatic heterocycles. The highest BCUT2D eigenvalue weighted by Gasteiger charge is 2.33. The van der Waals surface area contributed by atoms with Gasteiger partial charge in [0.25, 0.3) is 5.91 Å². The summed E-state index contributed by atoms with van der Waals surface area (Å²) in [7, 11) is -3.68. The molecule has 0 unspecified atom stereocenters. The second-order valence-electron chi connectivity index (χ2n) is 9.21. The molecule has 1 atom stereocenters. The third kappa shape index (κ3) is 5.17. The molecule has 3 heterocycles. The van der Waals surface area contributed by atoms with Gasteiger partial charge in [-0.15, -0.1) is 0 Å². The van der Waals surface area contributed by atoms with E-state index in [1.54, 1.807) is 6.07 Å². The molecule has 2 saturated heterocycles. The largest absolute Gasteiger partial charge is 0.482 e. The number of likely N-dealkylation sites (N-methyl/N-ethyl adjacent to an activating group) is 1. The van der Waals surface area contributed by atoms with Crippen LogP contribution < -0.4 is 15.0 Å². The molecule has 3 aliphatic heterocycles. The van der Waals surface area contributed by atoms with Crippen LogP contribution in [0.5, 0.6) is 5.75 Å². The van der Waals surface area contributed by atoms with Gasteiger partial charge in [-0.3, -0.25) is 19.4 Å². The van der Waals surface area contributed by atoms with Crippen molar-refractivity contribution in [1.82, 2.24) is 14.5 Å². The van der Waals surface area contributed by atoms with Gasteiger partial charge in [-0.1, -0.05) is 13.8 Å². The first-order valence-corrected chi connectivity index (χ1v) is 13.3. The van der Waals surface area contributed by atoms with E-state index in [0.717, 1.165) is 38.8 Å². The Morgan fingerprint density at radius 2 is 1.94 bits per heavy atom. The highest BCUT2D eigenvalue weighted by Crippen LogP contribution is 2.35. The normalized spacial score (nSPS) is 22.8. The van der Waals surface area contributed by atoms with Gasteiger partial charge in [0.05, 0.1) is 10.6 Å². The Morgan fingerprint density at radius 3 is 2.67 bits per heavy atom. The van der Waals surface area contributed by atoms with Crippen LogP contribution in [0.2, 0.25) is 0 Å². The second kappa shape index (κ2) is 9.99. The van der Waals surface area contributed by atoms with E-state index in [1.807, 2.05) is 0 Å². The number of carbonyl (C=O) groups is 2. The average molecular weight is 479 g/mol. The van der Waals surface area contributed by atoms with Crippen molar-refractivity contribution < 1.29 is 22.7 Å². The monoisotopic (exact) mass is 478 g/mol. The lowest BCUT2D eigenvalue weighted by atomic mass is 10.0. The number of piperidine rings is 1. The summed E-state index contributed by atoms with van der Waals surface area (Å²) >= 11 is 0. The van der Waals surface area contributed by atoms with Gasteiger partial charge in [0.1, 0.15) is 12.3 Å². The molecule has 1 aromatic rings. The van der Waals surface area contributed by atoms with Crippen molar-refractivity contribution in [2.75, 3.05) is 50.8 Å². The summed E-state index contributed by atoms with van der Waals surface area (Å²) in [6.07, 6.45) is 3.82. The van der Waals surface area contributed by atoms with Crippen LogP contribution in [0.1, 0.15) is 39.5 Å². The van der Waals surface area contributed by atoms with Gasteiger partial charge in [-0.2, -0.15) is 4.31 Å². The molecular formula is C23H34N4O5S. The van der Waals surface area contributed by atoms with Gasteiger partial charge in [0, 0.05) is 25.7 Å². The van der Waals surface area contributed by atoms with E-state index in [1.165, 1.54) is 21.3 Å². The Morgan fingerprint density at radius 1 is 1.18 bits per heavy atom. The van der Waals surface area contributed by atoms with Crippen molar-refractivity contribution >= 4 is 27.5 Å². The van der Waals surface area contributed by atoms with Crippen LogP contribution in [0.3, 0.4) is 0 Å². The standard InChI is InChI=1S/C23H34N4O5S/c1-3-25-10-4-5-18(25)14-24-22(28)15-27-20-13-19(6-7-21(20)32-16-23(27)29)33(30,31)26-11-8-17(2)9-12-26/h6-7,13,17-18H,3-5,8-12,14-16H2,1-2H3,(H,24,28)/t18-/m1/s1. The molecular weight excluding hydrogens is 444 g/mol. The summed E-state index contributed by atoms with van der Waals surface area (Å²) in [4.78, 5) is 29.1. The number of fused-ring (bicyclic) bond motifs is 1. The third-order valence-electron chi connectivity index (χ3n) is 7.00. The number of benzene rings is 1. The lowest BCUT2D eigenvalue weighted by Crippen LogP contribution is -2.47. The summed E-state index contributed by atoms with van der Waals surface area (Å²) in [5.74, 6) is 0.280. The van der Waals surface area contributed by atoms with E-state index in [4.69, 9.17) is 4.74 Å². The van der Waals surface area contributed by atoms with Crippen molar-refractivity contribution in [3.05, 3.63) is 18.2 Å². The lowest BCUT2D eigenvalue weighted by molar-refractivity contribution is -0.125. The highest BCUT2D eigenvalue weighted by molar-refractivity contribution is 7.89. The number of anilines is 1. The summed E-state index contributed by atoms with van der Waals surface area (Å²) in [5.41, 5.74) is 0.323. The highest BCUT2D eigenvalue weighted by atomic mass is 32.2. The predicted octanol–water partition coefficient (Wildman–Crippen LogP) is 1.43. The first-order chi connectivity index (χ1) is 15.8. The first kappa shape index (κ1) is 24.0. The zero-order chi connectivity index (χ0) is 23.6. The van der Waals surface area contributed by atoms with Crippen LogP contribution in [0.4, 0.5) is 5.69 Å². The predicted molar refractivity (Wildman–Crippen MR) is 125 cm³/mol. The molecule has 4 rings (SSSR count). The van der Waals surface area contributed by atoms with E-state index in [0.29, 0.717) is 43.0 Å². The smallest absolute Gasteiger partial charge is 0.265 e. The van der Waals surface area contributed by atoms with E-state index < -0.39 is 10.0 Å². The fraction of sp³-hybridized carbons (Fsp3) is 0.652. The van der Waals surface area contributed by atoms with E-state index >= 15 is 0 Å². The van der Waals surface area contributed by atoms with Crippen molar-refractivity contribution in [2.45, 2.75) is 50.5 Å². The molecule has 2 fully saturated rings. The first-order valence-electron chi connectivity index (χ1n) is 11.9. The van der Waals surface area contributed by atoms with Crippen molar-refractivity contribution in [3.63, 3.8) is 0 Å². The number of rotatable bonds is 7. The lowest BCUT2D eigenvalue weighted by Gasteiger charge is -2.31. The van der Waals surface area contributed by atoms with Crippen LogP contribution in [-0.4, -0.2) is 81.4 Å². The third-order valence-corrected chi connectivity index (χ3v) is 8.89. The van der Waals surface area contributed by atoms with Crippen molar-refractivity contribution in [3.8, 4) is 5.75 Å². The zero-order valence-electron chi connectivity index (χ0n) is 19.5. The number of amides is 2. The van der Waals surface area contributed by atoms with Crippen LogP contribution in [0.25, 0.3) is 0 Å². The molecule has 0 aliphatic carbocycles. The quantitative estimate of drug-likeness (QED) is 0.637. The molecule has 0 bridgehead atoms. The van der Waals surface area contributed by atoms with E-state index in [9.17, 15) is 18.0 Å². The Kier molecular flexibility index (Phi) is 7.25. The Balaban J connectivity index is 1.48. The maximum Gasteiger partial charge on any atom is 0.265 e. The minimum atomic E-state index is -3.68. The zero-order valence-corrected chi connectivity index (χ0v) is 20.3. The minimum Gasteiger partial charge on any atom is -0.482 e. The summed E-state index contributed by atoms with van der Waals surface area (Å²) < 4.78 is 33.4. The number of hydrogen-bond donors (Lipinski definition) is 1. The molecule has 33 heavy (non-hydrogen) atoms. The maximum absolute atomic E-state index is 13.2. The molecule has 1 aromatic carbocycles. The van der Waals surface area contributed by atoms with Crippen LogP contribution >= 0.6 is 0 Å². The van der Waals surface area contributed by atoms with Crippen LogP contribution in [-0.2, 0) is 19.6 Å². The Bertz CT molecular complexity index is 991. The molecule has 1 N–H and O–H groups in total. The van der Waals surface area contributed by atoms with Crippen LogP contribution in [0, 0.1) is 5.92 Å². The number of sulfonamides is 1. The van der Waals surface area contributed by atoms with Crippen molar-refractivity contribution in [1.29, 1.82) is 0 Å². The van der Waals surface area contributed by atoms with E-state index in [-0.39, 0.29) is 29.9 Å². The Labute approximate surface area is 196 Å². The number of nitrogens with zero attached hydrogens (tertiary/aromatic N) is 3. The van der Waals surface area contributed by atoms with Crippen LogP contribution in [0.15, 0.2) is 23.1 Å². The van der Waals surface area contributed by atoms with Gasteiger partial charge in [0.15, 0.2) is 6.61 Å². The number of hydrogen-bond acceptors (Lipinski definition) is 6. The topological polar surface area (TPSA) is 99.3 Å². The molecule has 10 heteroatoms. The number of carbonyl (C=O) groups excluding carboxylic acids is 2. The summed E-state index contributed by atoms with van der Waals surface area (Å²) in [5, 5.41) is 2.95. The van der Waals surface area contributed by atoms with Gasteiger partial charge in [-0.25, -0.2) is 8.42 Å². The number of likely N-dealkylation sites (tertiary alicyclic amines) is 1. The average Bonchev–Trinajstić information content (AvgIpc) is 3.27. The molecule has 9 nitrogen and oxygen atoms in total. The summed E-state index contributed by atoms with van der Waals surface area (Å²) in [6, 6.07) is 4.86. The molecule has 182 valence electrons. The van der Waals surface area contributed by atoms with Gasteiger partial charge in [-0.05, 0) is 62.9 Å². The number of ether oxygens (including phenoxy) is 1. The fourth-order valence-electron chi connectivity index (χ4n) is 4.86. The molecule has 0 spiro atoms. The second-order valence-corrected chi connectivity index (χ2v) is 11.2. The van der Waals surface area contributed by atoms with Gasteiger partial charge < -0.3 is 10.1 Å². The Hall–Kier alpha value is -2.17. The number of nitrogens with one attached hydrogen (secondary N) is 1. The van der Waals surface area contributed by atoms with E-state index in [2.05, 4.69) is 24.1 Å². The molecule has 3 aliphatic rings. The van der Waals surface area contributed by atoms with Gasteiger partial charge >= 0.3 is 0 Å². The molecule has 0 saturated carbocycles. The molecule has 2 amide bonds. The SMILES string of the molecule is CCN1CCC[C@@H]1CNC(=O)CN1C(=O)COc2ccc(S(=O)(=O)N3CCC(C)CC3)cc21. The maximum atomic E-state index is 13.2. The van der Waals surface area contributed by atoms with Gasteiger partial charge in [0.2, 0.25) is 15.9 Å².